The van der Waals surface area contributed by atoms with Crippen molar-refractivity contribution in [2.24, 2.45) is 0 Å². The fourth-order valence-electron chi connectivity index (χ4n) is 4.08. The van der Waals surface area contributed by atoms with E-state index in [1.807, 2.05) is 49.9 Å². The third-order valence-corrected chi connectivity index (χ3v) is 5.55. The van der Waals surface area contributed by atoms with Crippen molar-refractivity contribution in [2.45, 2.75) is 45.3 Å². The lowest BCUT2D eigenvalue weighted by atomic mass is 9.95. The Morgan fingerprint density at radius 1 is 1.21 bits per heavy atom. The van der Waals surface area contributed by atoms with Crippen molar-refractivity contribution in [1.82, 2.24) is 9.80 Å². The Hall–Kier alpha value is -2.11. The molecule has 5 nitrogen and oxygen atoms in total. The number of carbonyl (C=O) groups is 1. The zero-order valence-electron chi connectivity index (χ0n) is 17.6. The minimum absolute atomic E-state index is 0.135. The van der Waals surface area contributed by atoms with Gasteiger partial charge in [0, 0.05) is 32.2 Å². The second kappa shape index (κ2) is 8.10. The molecular weight excluding hydrogens is 352 g/mol. The van der Waals surface area contributed by atoms with Crippen molar-refractivity contribution in [3.8, 4) is 5.75 Å². The molecule has 1 N–H and O–H groups in total. The molecule has 0 saturated carbocycles. The van der Waals surface area contributed by atoms with Crippen molar-refractivity contribution < 1.29 is 14.6 Å². The van der Waals surface area contributed by atoms with Crippen LogP contribution in [-0.4, -0.2) is 65.7 Å². The number of rotatable bonds is 5. The van der Waals surface area contributed by atoms with Crippen LogP contribution >= 0.6 is 0 Å². The number of amides is 1. The summed E-state index contributed by atoms with van der Waals surface area (Å²) in [5.74, 6) is 0.820. The number of hydrogen-bond acceptors (Lipinski definition) is 4. The number of hydrogen-bond donors (Lipinski definition) is 1. The molecule has 5 heteroatoms. The Morgan fingerprint density at radius 2 is 1.89 bits per heavy atom. The highest BCUT2D eigenvalue weighted by Gasteiger charge is 2.32. The molecule has 0 aliphatic carbocycles. The summed E-state index contributed by atoms with van der Waals surface area (Å²) in [6, 6.07) is 12.3. The van der Waals surface area contributed by atoms with Crippen LogP contribution in [0.15, 0.2) is 36.4 Å². The summed E-state index contributed by atoms with van der Waals surface area (Å²) >= 11 is 0. The SMILES string of the molecule is COc1ccc2cc([C@H](C)C(=O)N3CCN(CC(C)(C)O)C[C@H]3C)ccc2c1. The van der Waals surface area contributed by atoms with Gasteiger partial charge in [-0.2, -0.15) is 0 Å². The first-order valence-corrected chi connectivity index (χ1v) is 10.0. The van der Waals surface area contributed by atoms with Crippen LogP contribution in [0.1, 0.15) is 39.2 Å². The van der Waals surface area contributed by atoms with E-state index in [1.54, 1.807) is 7.11 Å². The lowest BCUT2D eigenvalue weighted by molar-refractivity contribution is -0.137. The maximum Gasteiger partial charge on any atom is 0.230 e. The summed E-state index contributed by atoms with van der Waals surface area (Å²) < 4.78 is 5.29. The average Bonchev–Trinajstić information content (AvgIpc) is 2.65. The molecule has 1 aliphatic rings. The lowest BCUT2D eigenvalue weighted by Gasteiger charge is -2.42. The Labute approximate surface area is 167 Å². The summed E-state index contributed by atoms with van der Waals surface area (Å²) in [6.07, 6.45) is 0. The summed E-state index contributed by atoms with van der Waals surface area (Å²) in [6.45, 7) is 10.6. The van der Waals surface area contributed by atoms with Gasteiger partial charge in [0.15, 0.2) is 0 Å². The predicted molar refractivity (Wildman–Crippen MR) is 113 cm³/mol. The monoisotopic (exact) mass is 384 g/mol. The summed E-state index contributed by atoms with van der Waals surface area (Å²) in [5.41, 5.74) is 0.321. The van der Waals surface area contributed by atoms with Gasteiger partial charge in [-0.15, -0.1) is 0 Å². The van der Waals surface area contributed by atoms with Crippen molar-refractivity contribution in [1.29, 1.82) is 0 Å². The summed E-state index contributed by atoms with van der Waals surface area (Å²) in [7, 11) is 1.67. The smallest absolute Gasteiger partial charge is 0.230 e. The van der Waals surface area contributed by atoms with Gasteiger partial charge in [0.05, 0.1) is 18.6 Å². The van der Waals surface area contributed by atoms with Crippen LogP contribution in [0.4, 0.5) is 0 Å². The summed E-state index contributed by atoms with van der Waals surface area (Å²) in [5, 5.41) is 12.3. The van der Waals surface area contributed by atoms with E-state index in [-0.39, 0.29) is 17.9 Å². The van der Waals surface area contributed by atoms with Crippen molar-refractivity contribution in [3.05, 3.63) is 42.0 Å². The maximum atomic E-state index is 13.2. The molecule has 1 saturated heterocycles. The third kappa shape index (κ3) is 4.65. The highest BCUT2D eigenvalue weighted by Crippen LogP contribution is 2.27. The fourth-order valence-corrected chi connectivity index (χ4v) is 4.08. The van der Waals surface area contributed by atoms with Crippen molar-refractivity contribution in [2.75, 3.05) is 33.3 Å². The Balaban J connectivity index is 1.71. The molecule has 0 radical (unpaired) electrons. The van der Waals surface area contributed by atoms with Crippen LogP contribution in [0.3, 0.4) is 0 Å². The standard InChI is InChI=1S/C23H32N2O3/c1-16-14-24(15-23(3,4)27)10-11-25(16)22(26)17(2)18-6-7-20-13-21(28-5)9-8-19(20)12-18/h6-9,12-13,16-17,27H,10-11,14-15H2,1-5H3/t16-,17+/m1/s1. The molecule has 2 aromatic rings. The van der Waals surface area contributed by atoms with E-state index < -0.39 is 5.60 Å². The van der Waals surface area contributed by atoms with Gasteiger partial charge >= 0.3 is 0 Å². The van der Waals surface area contributed by atoms with Gasteiger partial charge in [0.1, 0.15) is 5.75 Å². The zero-order chi connectivity index (χ0) is 20.5. The van der Waals surface area contributed by atoms with Gasteiger partial charge in [0.25, 0.3) is 0 Å². The van der Waals surface area contributed by atoms with Crippen LogP contribution in [0.2, 0.25) is 0 Å². The maximum absolute atomic E-state index is 13.2. The van der Waals surface area contributed by atoms with E-state index in [0.29, 0.717) is 13.1 Å². The highest BCUT2D eigenvalue weighted by atomic mass is 16.5. The average molecular weight is 385 g/mol. The van der Waals surface area contributed by atoms with Crippen LogP contribution in [-0.2, 0) is 4.79 Å². The number of carbonyl (C=O) groups excluding carboxylic acids is 1. The van der Waals surface area contributed by atoms with E-state index in [9.17, 15) is 9.90 Å². The zero-order valence-corrected chi connectivity index (χ0v) is 17.6. The normalized spacial score (nSPS) is 19.6. The van der Waals surface area contributed by atoms with Crippen LogP contribution < -0.4 is 4.74 Å². The number of fused-ring (bicyclic) bond motifs is 1. The molecule has 152 valence electrons. The second-order valence-corrected chi connectivity index (χ2v) is 8.62. The Morgan fingerprint density at radius 3 is 2.54 bits per heavy atom. The Kier molecular flexibility index (Phi) is 5.96. The first kappa shape index (κ1) is 20.6. The number of methoxy groups -OCH3 is 1. The van der Waals surface area contributed by atoms with Gasteiger partial charge in [0.2, 0.25) is 5.91 Å². The van der Waals surface area contributed by atoms with Gasteiger partial charge in [-0.25, -0.2) is 0 Å². The predicted octanol–water partition coefficient (Wildman–Crippen LogP) is 3.26. The van der Waals surface area contributed by atoms with Gasteiger partial charge < -0.3 is 14.7 Å². The quantitative estimate of drug-likeness (QED) is 0.860. The van der Waals surface area contributed by atoms with Gasteiger partial charge in [-0.3, -0.25) is 9.69 Å². The molecule has 3 rings (SSSR count). The molecular formula is C23H32N2O3. The molecule has 0 aromatic heterocycles. The van der Waals surface area contributed by atoms with E-state index in [0.717, 1.165) is 35.2 Å². The van der Waals surface area contributed by atoms with Gasteiger partial charge in [-0.05, 0) is 56.2 Å². The van der Waals surface area contributed by atoms with Crippen molar-refractivity contribution >= 4 is 16.7 Å². The number of aliphatic hydroxyl groups is 1. The van der Waals surface area contributed by atoms with E-state index >= 15 is 0 Å². The number of nitrogens with zero attached hydrogens (tertiary/aromatic N) is 2. The van der Waals surface area contributed by atoms with Crippen LogP contribution in [0.5, 0.6) is 5.75 Å². The van der Waals surface area contributed by atoms with Gasteiger partial charge in [-0.1, -0.05) is 24.3 Å². The largest absolute Gasteiger partial charge is 0.497 e. The third-order valence-electron chi connectivity index (χ3n) is 5.55. The molecule has 2 atom stereocenters. The minimum Gasteiger partial charge on any atom is -0.497 e. The Bertz CT molecular complexity index is 843. The molecule has 0 spiro atoms. The molecule has 2 aromatic carbocycles. The molecule has 1 fully saturated rings. The van der Waals surface area contributed by atoms with E-state index in [4.69, 9.17) is 4.74 Å². The first-order valence-electron chi connectivity index (χ1n) is 10.0. The number of ether oxygens (including phenoxy) is 1. The molecule has 0 unspecified atom stereocenters. The molecule has 1 heterocycles. The fraction of sp³-hybridized carbons (Fsp3) is 0.522. The minimum atomic E-state index is -0.715. The topological polar surface area (TPSA) is 53.0 Å². The molecule has 1 aliphatic heterocycles. The van der Waals surface area contributed by atoms with Crippen LogP contribution in [0, 0.1) is 0 Å². The number of benzene rings is 2. The highest BCUT2D eigenvalue weighted by molar-refractivity contribution is 5.88. The summed E-state index contributed by atoms with van der Waals surface area (Å²) in [4.78, 5) is 17.4. The van der Waals surface area contributed by atoms with E-state index in [1.165, 1.54) is 0 Å². The molecule has 0 bridgehead atoms. The van der Waals surface area contributed by atoms with Crippen molar-refractivity contribution in [3.63, 3.8) is 0 Å². The van der Waals surface area contributed by atoms with Crippen LogP contribution in [0.25, 0.3) is 10.8 Å². The lowest BCUT2D eigenvalue weighted by Crippen LogP contribution is -2.56. The number of piperazine rings is 1. The second-order valence-electron chi connectivity index (χ2n) is 8.62. The number of β-amino-alcohol motifs (C(OH)–C–C–N with tert-alkyl or cyclic N) is 1. The first-order chi connectivity index (χ1) is 13.2. The van der Waals surface area contributed by atoms with E-state index in [2.05, 4.69) is 24.0 Å². The molecule has 1 amide bonds. The molecule has 28 heavy (non-hydrogen) atoms.